The highest BCUT2D eigenvalue weighted by atomic mass is 16.5. The number of fused-ring (bicyclic) bond motifs is 3. The van der Waals surface area contributed by atoms with Gasteiger partial charge in [0.15, 0.2) is 5.58 Å². The molecule has 0 spiro atoms. The van der Waals surface area contributed by atoms with Crippen molar-refractivity contribution in [2.75, 3.05) is 11.9 Å². The number of furan rings is 1. The molecule has 5 rings (SSSR count). The highest BCUT2D eigenvalue weighted by Gasteiger charge is 2.23. The van der Waals surface area contributed by atoms with Gasteiger partial charge < -0.3 is 19.0 Å². The van der Waals surface area contributed by atoms with Crippen LogP contribution < -0.4 is 15.6 Å². The minimum absolute atomic E-state index is 0.102. The standard InChI is InChI=1S/C26H22N2O3/c1-3-30-19-13-9-10-17(16-19)22-23-24(31-25(22)27-18-11-5-4-6-12-18)20-14-7-8-15-21(20)28(2)26(23)29/h4-16,27H,3H2,1-2H3. The number of hydrogen-bond acceptors (Lipinski definition) is 4. The van der Waals surface area contributed by atoms with E-state index in [1.165, 1.54) is 0 Å². The molecule has 5 nitrogen and oxygen atoms in total. The Bertz CT molecular complexity index is 1450. The molecule has 31 heavy (non-hydrogen) atoms. The van der Waals surface area contributed by atoms with E-state index < -0.39 is 0 Å². The van der Waals surface area contributed by atoms with Crippen LogP contribution >= 0.6 is 0 Å². The van der Waals surface area contributed by atoms with Crippen molar-refractivity contribution in [3.63, 3.8) is 0 Å². The van der Waals surface area contributed by atoms with Crippen molar-refractivity contribution >= 4 is 33.4 Å². The van der Waals surface area contributed by atoms with Crippen molar-refractivity contribution in [2.24, 2.45) is 7.05 Å². The molecule has 0 unspecified atom stereocenters. The lowest BCUT2D eigenvalue weighted by Gasteiger charge is -2.09. The molecule has 0 aliphatic rings. The van der Waals surface area contributed by atoms with Gasteiger partial charge in [0.2, 0.25) is 5.88 Å². The minimum Gasteiger partial charge on any atom is -0.494 e. The van der Waals surface area contributed by atoms with Gasteiger partial charge in [0.25, 0.3) is 5.56 Å². The molecule has 5 heteroatoms. The van der Waals surface area contributed by atoms with Gasteiger partial charge >= 0.3 is 0 Å². The smallest absolute Gasteiger partial charge is 0.262 e. The number of para-hydroxylation sites is 2. The Hall–Kier alpha value is -3.99. The third kappa shape index (κ3) is 3.24. The summed E-state index contributed by atoms with van der Waals surface area (Å²) in [5, 5.41) is 4.81. The zero-order valence-electron chi connectivity index (χ0n) is 17.4. The number of aromatic nitrogens is 1. The van der Waals surface area contributed by atoms with Crippen LogP contribution in [0.4, 0.5) is 11.6 Å². The molecule has 2 heterocycles. The molecule has 5 aromatic rings. The Kier molecular flexibility index (Phi) is 4.71. The van der Waals surface area contributed by atoms with Gasteiger partial charge in [-0.2, -0.15) is 0 Å². The van der Waals surface area contributed by atoms with E-state index in [1.54, 1.807) is 11.6 Å². The summed E-state index contributed by atoms with van der Waals surface area (Å²) in [6.07, 6.45) is 0. The second kappa shape index (κ2) is 7.69. The Morgan fingerprint density at radius 1 is 0.968 bits per heavy atom. The molecule has 2 aromatic heterocycles. The Morgan fingerprint density at radius 3 is 2.55 bits per heavy atom. The van der Waals surface area contributed by atoms with Gasteiger partial charge in [-0.3, -0.25) is 4.79 Å². The predicted molar refractivity (Wildman–Crippen MR) is 125 cm³/mol. The maximum Gasteiger partial charge on any atom is 0.262 e. The number of ether oxygens (including phenoxy) is 1. The number of benzene rings is 3. The largest absolute Gasteiger partial charge is 0.494 e. The summed E-state index contributed by atoms with van der Waals surface area (Å²) in [6.45, 7) is 2.52. The number of rotatable bonds is 5. The second-order valence-electron chi connectivity index (χ2n) is 7.34. The first-order chi connectivity index (χ1) is 15.2. The van der Waals surface area contributed by atoms with E-state index in [9.17, 15) is 4.79 Å². The highest BCUT2D eigenvalue weighted by Crippen LogP contribution is 2.41. The molecule has 0 aliphatic heterocycles. The van der Waals surface area contributed by atoms with Crippen molar-refractivity contribution in [3.8, 4) is 16.9 Å². The molecule has 0 radical (unpaired) electrons. The molecule has 0 bridgehead atoms. The molecule has 0 saturated carbocycles. The molecule has 0 aliphatic carbocycles. The zero-order chi connectivity index (χ0) is 21.4. The van der Waals surface area contributed by atoms with Gasteiger partial charge in [-0.1, -0.05) is 42.5 Å². The number of hydrogen-bond donors (Lipinski definition) is 1. The van der Waals surface area contributed by atoms with Crippen LogP contribution in [0, 0.1) is 0 Å². The van der Waals surface area contributed by atoms with Crippen molar-refractivity contribution < 1.29 is 9.15 Å². The lowest BCUT2D eigenvalue weighted by Crippen LogP contribution is -2.17. The molecule has 0 amide bonds. The molecule has 0 saturated heterocycles. The number of anilines is 2. The maximum atomic E-state index is 13.5. The first kappa shape index (κ1) is 19.0. The summed E-state index contributed by atoms with van der Waals surface area (Å²) in [7, 11) is 1.79. The third-order valence-electron chi connectivity index (χ3n) is 5.40. The van der Waals surface area contributed by atoms with Gasteiger partial charge in [-0.05, 0) is 48.9 Å². The van der Waals surface area contributed by atoms with E-state index in [0.717, 1.165) is 33.5 Å². The molecule has 1 N–H and O–H groups in total. The van der Waals surface area contributed by atoms with E-state index in [2.05, 4.69) is 5.32 Å². The molecule has 0 fully saturated rings. The van der Waals surface area contributed by atoms with Gasteiger partial charge in [0.1, 0.15) is 5.75 Å². The summed E-state index contributed by atoms with van der Waals surface area (Å²) >= 11 is 0. The Morgan fingerprint density at radius 2 is 1.74 bits per heavy atom. The monoisotopic (exact) mass is 410 g/mol. The van der Waals surface area contributed by atoms with Crippen LogP contribution in [0.1, 0.15) is 6.92 Å². The average Bonchev–Trinajstić information content (AvgIpc) is 3.18. The van der Waals surface area contributed by atoms with Crippen molar-refractivity contribution in [1.29, 1.82) is 0 Å². The number of aryl methyl sites for hydroxylation is 1. The lowest BCUT2D eigenvalue weighted by molar-refractivity contribution is 0.340. The maximum absolute atomic E-state index is 13.5. The molecule has 0 atom stereocenters. The van der Waals surface area contributed by atoms with Crippen molar-refractivity contribution in [1.82, 2.24) is 4.57 Å². The summed E-state index contributed by atoms with van der Waals surface area (Å²) in [4.78, 5) is 13.5. The van der Waals surface area contributed by atoms with E-state index in [1.807, 2.05) is 85.8 Å². The Labute approximate surface area is 179 Å². The average molecular weight is 410 g/mol. The fourth-order valence-electron chi connectivity index (χ4n) is 3.98. The number of nitrogens with zero attached hydrogens (tertiary/aromatic N) is 1. The summed E-state index contributed by atoms with van der Waals surface area (Å²) in [5.41, 5.74) is 3.77. The number of pyridine rings is 1. The first-order valence-electron chi connectivity index (χ1n) is 10.3. The summed E-state index contributed by atoms with van der Waals surface area (Å²) in [6, 6.07) is 25.3. The van der Waals surface area contributed by atoms with Crippen molar-refractivity contribution in [3.05, 3.63) is 89.2 Å². The fraction of sp³-hybridized carbons (Fsp3) is 0.115. The van der Waals surface area contributed by atoms with E-state index in [4.69, 9.17) is 9.15 Å². The quantitative estimate of drug-likeness (QED) is 0.381. The summed E-state index contributed by atoms with van der Waals surface area (Å²) in [5.74, 6) is 1.28. The van der Waals surface area contributed by atoms with Crippen LogP contribution in [-0.4, -0.2) is 11.2 Å². The van der Waals surface area contributed by atoms with E-state index >= 15 is 0 Å². The molecular formula is C26H22N2O3. The first-order valence-corrected chi connectivity index (χ1v) is 10.3. The second-order valence-corrected chi connectivity index (χ2v) is 7.34. The molecular weight excluding hydrogens is 388 g/mol. The van der Waals surface area contributed by atoms with Gasteiger partial charge in [-0.25, -0.2) is 0 Å². The third-order valence-corrected chi connectivity index (χ3v) is 5.40. The molecule has 3 aromatic carbocycles. The van der Waals surface area contributed by atoms with Crippen LogP contribution in [0.5, 0.6) is 5.75 Å². The van der Waals surface area contributed by atoms with Crippen LogP contribution in [0.2, 0.25) is 0 Å². The van der Waals surface area contributed by atoms with Gasteiger partial charge in [-0.15, -0.1) is 0 Å². The van der Waals surface area contributed by atoms with Gasteiger partial charge in [0.05, 0.1) is 23.1 Å². The van der Waals surface area contributed by atoms with Gasteiger partial charge in [0, 0.05) is 18.1 Å². The van der Waals surface area contributed by atoms with E-state index in [-0.39, 0.29) is 5.56 Å². The zero-order valence-corrected chi connectivity index (χ0v) is 17.4. The lowest BCUT2D eigenvalue weighted by atomic mass is 10.0. The predicted octanol–water partition coefficient (Wildman–Crippen LogP) is 6.09. The summed E-state index contributed by atoms with van der Waals surface area (Å²) < 4.78 is 13.7. The Balaban J connectivity index is 1.85. The normalized spacial score (nSPS) is 11.2. The van der Waals surface area contributed by atoms with Crippen LogP contribution in [0.15, 0.2) is 88.1 Å². The number of nitrogens with one attached hydrogen (secondary N) is 1. The van der Waals surface area contributed by atoms with E-state index in [0.29, 0.717) is 23.5 Å². The SMILES string of the molecule is CCOc1cccc(-c2c(Nc3ccccc3)oc3c2c(=O)n(C)c2ccccc32)c1. The topological polar surface area (TPSA) is 56.4 Å². The van der Waals surface area contributed by atoms with Crippen molar-refractivity contribution in [2.45, 2.75) is 6.92 Å². The van der Waals surface area contributed by atoms with Crippen LogP contribution in [0.25, 0.3) is 33.0 Å². The molecule has 154 valence electrons. The highest BCUT2D eigenvalue weighted by molar-refractivity contribution is 6.11. The van der Waals surface area contributed by atoms with Crippen LogP contribution in [0.3, 0.4) is 0 Å². The van der Waals surface area contributed by atoms with Crippen LogP contribution in [-0.2, 0) is 7.05 Å². The minimum atomic E-state index is -0.102. The fourth-order valence-corrected chi connectivity index (χ4v) is 3.98.